The third-order valence-corrected chi connectivity index (χ3v) is 2.40. The van der Waals surface area contributed by atoms with Gasteiger partial charge in [-0.15, -0.1) is 0 Å². The first-order valence-electron chi connectivity index (χ1n) is 5.72. The molecule has 0 bridgehead atoms. The molecule has 0 aliphatic rings. The molecule has 0 atom stereocenters. The van der Waals surface area contributed by atoms with Crippen molar-refractivity contribution in [1.82, 2.24) is 20.4 Å². The van der Waals surface area contributed by atoms with E-state index in [4.69, 9.17) is 4.42 Å². The average molecular weight is 262 g/mol. The number of amides is 2. The Bertz CT molecular complexity index is 559. The van der Waals surface area contributed by atoms with Gasteiger partial charge in [-0.3, -0.25) is 14.3 Å². The fraction of sp³-hybridized carbons (Fsp3) is 0.250. The minimum atomic E-state index is -0.381. The first kappa shape index (κ1) is 12.9. The third kappa shape index (κ3) is 3.70. The highest BCUT2D eigenvalue weighted by atomic mass is 16.3. The monoisotopic (exact) mass is 262 g/mol. The van der Waals surface area contributed by atoms with E-state index in [0.717, 1.165) is 0 Å². The molecule has 2 amide bonds. The summed E-state index contributed by atoms with van der Waals surface area (Å²) in [5, 5.41) is 9.04. The summed E-state index contributed by atoms with van der Waals surface area (Å²) in [6, 6.07) is 5.08. The van der Waals surface area contributed by atoms with Crippen molar-refractivity contribution in [2.45, 2.75) is 6.54 Å². The van der Waals surface area contributed by atoms with E-state index in [1.165, 1.54) is 10.9 Å². The first-order valence-corrected chi connectivity index (χ1v) is 5.72. The molecule has 0 aliphatic carbocycles. The molecule has 100 valence electrons. The Balaban J connectivity index is 1.73. The zero-order valence-corrected chi connectivity index (χ0v) is 10.4. The molecule has 2 aromatic heterocycles. The van der Waals surface area contributed by atoms with Gasteiger partial charge in [-0.05, 0) is 18.2 Å². The zero-order valence-electron chi connectivity index (χ0n) is 10.4. The molecule has 2 N–H and O–H groups in total. The summed E-state index contributed by atoms with van der Waals surface area (Å²) in [5.41, 5.74) is 0.279. The Hall–Kier alpha value is -2.57. The van der Waals surface area contributed by atoms with Crippen LogP contribution in [0.2, 0.25) is 0 Å². The fourth-order valence-corrected chi connectivity index (χ4v) is 1.45. The van der Waals surface area contributed by atoms with Crippen LogP contribution in [0.3, 0.4) is 0 Å². The molecule has 0 radical (unpaired) electrons. The van der Waals surface area contributed by atoms with Gasteiger partial charge in [-0.25, -0.2) is 0 Å². The van der Waals surface area contributed by atoms with Crippen molar-refractivity contribution in [2.75, 3.05) is 6.54 Å². The topological polar surface area (TPSA) is 89.2 Å². The first-order chi connectivity index (χ1) is 9.15. The summed E-state index contributed by atoms with van der Waals surface area (Å²) in [6.07, 6.45) is 3.19. The molecule has 2 heterocycles. The molecule has 2 aromatic rings. The maximum atomic E-state index is 11.6. The predicted octanol–water partition coefficient (Wildman–Crippen LogP) is 0.0593. The van der Waals surface area contributed by atoms with Crippen LogP contribution in [-0.4, -0.2) is 28.1 Å². The summed E-state index contributed by atoms with van der Waals surface area (Å²) in [6.45, 7) is 0.196. The molecule has 19 heavy (non-hydrogen) atoms. The van der Waals surface area contributed by atoms with E-state index >= 15 is 0 Å². The van der Waals surface area contributed by atoms with Gasteiger partial charge in [0, 0.05) is 13.2 Å². The van der Waals surface area contributed by atoms with E-state index in [9.17, 15) is 9.59 Å². The van der Waals surface area contributed by atoms with Crippen LogP contribution >= 0.6 is 0 Å². The van der Waals surface area contributed by atoms with Crippen LogP contribution < -0.4 is 10.6 Å². The van der Waals surface area contributed by atoms with Crippen molar-refractivity contribution < 1.29 is 14.0 Å². The predicted molar refractivity (Wildman–Crippen MR) is 66.1 cm³/mol. The Labute approximate surface area is 109 Å². The number of hydrogen-bond acceptors (Lipinski definition) is 4. The SMILES string of the molecule is Cn1ccc(C(=O)NCC(=O)NCc2ccco2)n1. The number of aryl methyl sites for hydroxylation is 1. The number of aromatic nitrogens is 2. The van der Waals surface area contributed by atoms with E-state index < -0.39 is 0 Å². The second-order valence-corrected chi connectivity index (χ2v) is 3.91. The van der Waals surface area contributed by atoms with Gasteiger partial charge in [0.15, 0.2) is 0 Å². The standard InChI is InChI=1S/C12H14N4O3/c1-16-5-4-10(15-16)12(18)14-8-11(17)13-7-9-3-2-6-19-9/h2-6H,7-8H2,1H3,(H,13,17)(H,14,18). The fourth-order valence-electron chi connectivity index (χ4n) is 1.45. The van der Waals surface area contributed by atoms with Crippen molar-refractivity contribution in [2.24, 2.45) is 7.05 Å². The summed E-state index contributed by atoms with van der Waals surface area (Å²) >= 11 is 0. The number of rotatable bonds is 5. The third-order valence-electron chi connectivity index (χ3n) is 2.40. The second-order valence-electron chi connectivity index (χ2n) is 3.91. The number of nitrogens with one attached hydrogen (secondary N) is 2. The van der Waals surface area contributed by atoms with Crippen LogP contribution in [0, 0.1) is 0 Å². The summed E-state index contributed by atoms with van der Waals surface area (Å²) in [5.74, 6) is -0.0150. The minimum Gasteiger partial charge on any atom is -0.467 e. The van der Waals surface area contributed by atoms with Crippen LogP contribution in [0.15, 0.2) is 35.1 Å². The molecular formula is C12H14N4O3. The number of carbonyl (C=O) groups is 2. The van der Waals surface area contributed by atoms with Gasteiger partial charge in [0.05, 0.1) is 19.4 Å². The van der Waals surface area contributed by atoms with Gasteiger partial charge in [0.25, 0.3) is 5.91 Å². The van der Waals surface area contributed by atoms with Crippen molar-refractivity contribution in [3.8, 4) is 0 Å². The van der Waals surface area contributed by atoms with Crippen LogP contribution in [0.25, 0.3) is 0 Å². The second kappa shape index (κ2) is 5.85. The normalized spacial score (nSPS) is 10.2. The Kier molecular flexibility index (Phi) is 3.97. The Morgan fingerprint density at radius 3 is 2.84 bits per heavy atom. The number of carbonyl (C=O) groups excluding carboxylic acids is 2. The van der Waals surface area contributed by atoms with E-state index in [0.29, 0.717) is 12.3 Å². The largest absolute Gasteiger partial charge is 0.467 e. The average Bonchev–Trinajstić information content (AvgIpc) is 3.04. The molecular weight excluding hydrogens is 248 g/mol. The molecule has 7 heteroatoms. The highest BCUT2D eigenvalue weighted by molar-refractivity contribution is 5.94. The molecule has 0 aliphatic heterocycles. The molecule has 7 nitrogen and oxygen atoms in total. The lowest BCUT2D eigenvalue weighted by atomic mass is 10.4. The summed E-state index contributed by atoms with van der Waals surface area (Å²) in [4.78, 5) is 23.1. The maximum Gasteiger partial charge on any atom is 0.272 e. The van der Waals surface area contributed by atoms with E-state index in [-0.39, 0.29) is 24.1 Å². The number of hydrogen-bond donors (Lipinski definition) is 2. The van der Waals surface area contributed by atoms with Crippen LogP contribution in [0.5, 0.6) is 0 Å². The minimum absolute atomic E-state index is 0.101. The van der Waals surface area contributed by atoms with E-state index in [2.05, 4.69) is 15.7 Å². The van der Waals surface area contributed by atoms with Crippen molar-refractivity contribution >= 4 is 11.8 Å². The lowest BCUT2D eigenvalue weighted by molar-refractivity contribution is -0.120. The maximum absolute atomic E-state index is 11.6. The van der Waals surface area contributed by atoms with Crippen LogP contribution in [0.4, 0.5) is 0 Å². The van der Waals surface area contributed by atoms with Gasteiger partial charge in [-0.2, -0.15) is 5.10 Å². The molecule has 0 spiro atoms. The molecule has 0 unspecified atom stereocenters. The quantitative estimate of drug-likeness (QED) is 0.797. The molecule has 0 fully saturated rings. The number of nitrogens with zero attached hydrogens (tertiary/aromatic N) is 2. The highest BCUT2D eigenvalue weighted by Gasteiger charge is 2.10. The van der Waals surface area contributed by atoms with Crippen LogP contribution in [0.1, 0.15) is 16.2 Å². The smallest absolute Gasteiger partial charge is 0.272 e. The highest BCUT2D eigenvalue weighted by Crippen LogP contribution is 1.98. The van der Waals surface area contributed by atoms with Gasteiger partial charge in [0.1, 0.15) is 11.5 Å². The van der Waals surface area contributed by atoms with Crippen molar-refractivity contribution in [3.05, 3.63) is 42.1 Å². The zero-order chi connectivity index (χ0) is 13.7. The van der Waals surface area contributed by atoms with Crippen molar-refractivity contribution in [1.29, 1.82) is 0 Å². The van der Waals surface area contributed by atoms with E-state index in [1.54, 1.807) is 31.4 Å². The lowest BCUT2D eigenvalue weighted by Gasteiger charge is -2.04. The molecule has 2 rings (SSSR count). The van der Waals surface area contributed by atoms with E-state index in [1.807, 2.05) is 0 Å². The summed E-state index contributed by atoms with van der Waals surface area (Å²) in [7, 11) is 1.72. The van der Waals surface area contributed by atoms with Crippen molar-refractivity contribution in [3.63, 3.8) is 0 Å². The molecule has 0 aromatic carbocycles. The Morgan fingerprint density at radius 2 is 2.21 bits per heavy atom. The number of furan rings is 1. The summed E-state index contributed by atoms with van der Waals surface area (Å²) < 4.78 is 6.59. The Morgan fingerprint density at radius 1 is 1.37 bits per heavy atom. The molecule has 0 saturated heterocycles. The van der Waals surface area contributed by atoms with Crippen LogP contribution in [-0.2, 0) is 18.4 Å². The molecule has 0 saturated carbocycles. The van der Waals surface area contributed by atoms with Gasteiger partial charge in [0.2, 0.25) is 5.91 Å². The lowest BCUT2D eigenvalue weighted by Crippen LogP contribution is -2.36. The van der Waals surface area contributed by atoms with Gasteiger partial charge < -0.3 is 15.1 Å². The van der Waals surface area contributed by atoms with Gasteiger partial charge in [-0.1, -0.05) is 0 Å². The van der Waals surface area contributed by atoms with Gasteiger partial charge >= 0.3 is 0 Å².